The predicted octanol–water partition coefficient (Wildman–Crippen LogP) is 2.27. The first-order chi connectivity index (χ1) is 11.2. The number of benzene rings is 1. The molecule has 0 saturated carbocycles. The first kappa shape index (κ1) is 15.9. The molecule has 1 aliphatic rings. The summed E-state index contributed by atoms with van der Waals surface area (Å²) < 4.78 is 0. The molecule has 6 heteroatoms. The van der Waals surface area contributed by atoms with Crippen molar-refractivity contribution < 1.29 is 9.90 Å². The van der Waals surface area contributed by atoms with Crippen molar-refractivity contribution in [2.45, 2.75) is 12.5 Å². The van der Waals surface area contributed by atoms with Gasteiger partial charge >= 0.3 is 0 Å². The van der Waals surface area contributed by atoms with Crippen LogP contribution < -0.4 is 5.32 Å². The lowest BCUT2D eigenvalue weighted by Crippen LogP contribution is -2.42. The van der Waals surface area contributed by atoms with Crippen molar-refractivity contribution in [3.8, 4) is 0 Å². The van der Waals surface area contributed by atoms with Crippen molar-refractivity contribution >= 4 is 23.3 Å². The van der Waals surface area contributed by atoms with E-state index < -0.39 is 0 Å². The minimum Gasteiger partial charge on any atom is -0.394 e. The van der Waals surface area contributed by atoms with Crippen LogP contribution in [0.15, 0.2) is 42.6 Å². The van der Waals surface area contributed by atoms with Crippen molar-refractivity contribution in [2.24, 2.45) is 0 Å². The molecule has 0 radical (unpaired) electrons. The summed E-state index contributed by atoms with van der Waals surface area (Å²) in [7, 11) is 0. The Morgan fingerprint density at radius 1 is 1.35 bits per heavy atom. The number of aliphatic hydroxyl groups excluding tert-OH is 1. The van der Waals surface area contributed by atoms with Crippen LogP contribution in [0.1, 0.15) is 17.2 Å². The number of nitrogens with one attached hydrogen (secondary N) is 1. The van der Waals surface area contributed by atoms with Gasteiger partial charge in [-0.3, -0.25) is 9.69 Å². The van der Waals surface area contributed by atoms with Crippen LogP contribution in [-0.4, -0.2) is 40.6 Å². The van der Waals surface area contributed by atoms with E-state index in [0.717, 1.165) is 18.5 Å². The summed E-state index contributed by atoms with van der Waals surface area (Å²) in [6.07, 6.45) is 2.37. The van der Waals surface area contributed by atoms with E-state index in [-0.39, 0.29) is 25.1 Å². The number of halogens is 1. The molecule has 5 nitrogen and oxygen atoms in total. The van der Waals surface area contributed by atoms with Crippen LogP contribution >= 0.6 is 11.6 Å². The van der Waals surface area contributed by atoms with Gasteiger partial charge in [0.15, 0.2) is 0 Å². The quantitative estimate of drug-likeness (QED) is 0.902. The van der Waals surface area contributed by atoms with E-state index in [9.17, 15) is 9.90 Å². The number of pyridine rings is 1. The highest BCUT2D eigenvalue weighted by Crippen LogP contribution is 2.28. The van der Waals surface area contributed by atoms with E-state index in [2.05, 4.69) is 16.4 Å². The lowest BCUT2D eigenvalue weighted by atomic mass is 9.93. The van der Waals surface area contributed by atoms with Crippen molar-refractivity contribution in [3.63, 3.8) is 0 Å². The van der Waals surface area contributed by atoms with Gasteiger partial charge in [0.25, 0.3) is 0 Å². The Morgan fingerprint density at radius 2 is 2.17 bits per heavy atom. The maximum atomic E-state index is 12.2. The van der Waals surface area contributed by atoms with Crippen LogP contribution in [-0.2, 0) is 11.2 Å². The zero-order chi connectivity index (χ0) is 16.2. The van der Waals surface area contributed by atoms with E-state index in [1.807, 2.05) is 23.1 Å². The minimum atomic E-state index is -0.155. The van der Waals surface area contributed by atoms with Gasteiger partial charge in [0.1, 0.15) is 5.82 Å². The number of hydrogen-bond donors (Lipinski definition) is 2. The molecular weight excluding hydrogens is 314 g/mol. The summed E-state index contributed by atoms with van der Waals surface area (Å²) in [6.45, 7) is 0.942. The molecule has 0 spiro atoms. The molecule has 1 aromatic heterocycles. The Bertz CT molecular complexity index is 690. The van der Waals surface area contributed by atoms with Crippen LogP contribution in [0.4, 0.5) is 5.82 Å². The van der Waals surface area contributed by atoms with Gasteiger partial charge < -0.3 is 10.4 Å². The summed E-state index contributed by atoms with van der Waals surface area (Å²) in [5, 5.41) is 13.0. The molecule has 1 unspecified atom stereocenters. The fraction of sp³-hybridized carbons (Fsp3) is 0.294. The second kappa shape index (κ2) is 7.08. The third-order valence-corrected chi connectivity index (χ3v) is 4.26. The highest BCUT2D eigenvalue weighted by molar-refractivity contribution is 6.30. The monoisotopic (exact) mass is 331 g/mol. The molecule has 2 N–H and O–H groups in total. The molecule has 1 aromatic carbocycles. The maximum absolute atomic E-state index is 12.2. The van der Waals surface area contributed by atoms with Crippen LogP contribution in [0.25, 0.3) is 0 Å². The number of aromatic nitrogens is 1. The molecule has 2 heterocycles. The molecule has 1 amide bonds. The van der Waals surface area contributed by atoms with E-state index in [4.69, 9.17) is 11.6 Å². The summed E-state index contributed by atoms with van der Waals surface area (Å²) in [4.78, 5) is 18.3. The van der Waals surface area contributed by atoms with Crippen LogP contribution in [0, 0.1) is 0 Å². The molecule has 2 aromatic rings. The average molecular weight is 332 g/mol. The largest absolute Gasteiger partial charge is 0.394 e. The summed E-state index contributed by atoms with van der Waals surface area (Å²) >= 11 is 5.78. The molecule has 0 aliphatic carbocycles. The van der Waals surface area contributed by atoms with Crippen LogP contribution in [0.3, 0.4) is 0 Å². The minimum absolute atomic E-state index is 0.0104. The van der Waals surface area contributed by atoms with Crippen LogP contribution in [0.2, 0.25) is 5.02 Å². The first-order valence-electron chi connectivity index (χ1n) is 7.51. The molecule has 120 valence electrons. The van der Waals surface area contributed by atoms with Crippen molar-refractivity contribution in [2.75, 3.05) is 25.0 Å². The second-order valence-electron chi connectivity index (χ2n) is 5.53. The fourth-order valence-electron chi connectivity index (χ4n) is 2.92. The van der Waals surface area contributed by atoms with E-state index in [1.54, 1.807) is 12.1 Å². The Kier molecular flexibility index (Phi) is 4.91. The number of carbonyl (C=O) groups excluding carboxylic acids is 1. The zero-order valence-electron chi connectivity index (χ0n) is 12.6. The summed E-state index contributed by atoms with van der Waals surface area (Å²) in [5.74, 6) is 0.315. The number of aliphatic hydroxyl groups is 1. The SMILES string of the molecule is O=C(CN1CCc2ccccc2C1CO)Nc1ccc(Cl)cn1. The van der Waals surface area contributed by atoms with E-state index >= 15 is 0 Å². The number of nitrogens with zero attached hydrogens (tertiary/aromatic N) is 2. The molecule has 0 fully saturated rings. The molecule has 0 saturated heterocycles. The molecular formula is C17H18ClN3O2. The number of rotatable bonds is 4. The summed E-state index contributed by atoms with van der Waals surface area (Å²) in [6, 6.07) is 11.2. The molecule has 1 atom stereocenters. The molecule has 23 heavy (non-hydrogen) atoms. The third-order valence-electron chi connectivity index (χ3n) is 4.04. The second-order valence-corrected chi connectivity index (χ2v) is 5.96. The average Bonchev–Trinajstić information content (AvgIpc) is 2.57. The van der Waals surface area contributed by atoms with Gasteiger partial charge in [0, 0.05) is 12.7 Å². The van der Waals surface area contributed by atoms with Crippen molar-refractivity contribution in [1.29, 1.82) is 0 Å². The number of carbonyl (C=O) groups is 1. The normalized spacial score (nSPS) is 17.6. The lowest BCUT2D eigenvalue weighted by Gasteiger charge is -2.35. The van der Waals surface area contributed by atoms with Gasteiger partial charge in [-0.25, -0.2) is 4.98 Å². The molecule has 0 bridgehead atoms. The summed E-state index contributed by atoms with van der Waals surface area (Å²) in [5.41, 5.74) is 2.33. The van der Waals surface area contributed by atoms with Crippen molar-refractivity contribution in [1.82, 2.24) is 9.88 Å². The van der Waals surface area contributed by atoms with Gasteiger partial charge in [-0.1, -0.05) is 35.9 Å². The van der Waals surface area contributed by atoms with Gasteiger partial charge in [-0.05, 0) is 29.7 Å². The highest BCUT2D eigenvalue weighted by atomic mass is 35.5. The van der Waals surface area contributed by atoms with Crippen LogP contribution in [0.5, 0.6) is 0 Å². The van der Waals surface area contributed by atoms with Gasteiger partial charge in [-0.15, -0.1) is 0 Å². The number of amides is 1. The smallest absolute Gasteiger partial charge is 0.239 e. The number of hydrogen-bond acceptors (Lipinski definition) is 4. The highest BCUT2D eigenvalue weighted by Gasteiger charge is 2.27. The van der Waals surface area contributed by atoms with Gasteiger partial charge in [0.05, 0.1) is 24.2 Å². The van der Waals surface area contributed by atoms with Crippen molar-refractivity contribution in [3.05, 3.63) is 58.7 Å². The molecule has 1 aliphatic heterocycles. The predicted molar refractivity (Wildman–Crippen MR) is 89.4 cm³/mol. The Labute approximate surface area is 139 Å². The Hall–Kier alpha value is -1.95. The topological polar surface area (TPSA) is 65.5 Å². The number of fused-ring (bicyclic) bond motifs is 1. The Balaban J connectivity index is 1.67. The van der Waals surface area contributed by atoms with Gasteiger partial charge in [0.2, 0.25) is 5.91 Å². The van der Waals surface area contributed by atoms with Gasteiger partial charge in [-0.2, -0.15) is 0 Å². The molecule has 3 rings (SSSR count). The fourth-order valence-corrected chi connectivity index (χ4v) is 3.03. The number of anilines is 1. The van der Waals surface area contributed by atoms with E-state index in [0.29, 0.717) is 10.8 Å². The lowest BCUT2D eigenvalue weighted by molar-refractivity contribution is -0.118. The Morgan fingerprint density at radius 3 is 2.91 bits per heavy atom. The first-order valence-corrected chi connectivity index (χ1v) is 7.89. The standard InChI is InChI=1S/C17H18ClN3O2/c18-13-5-6-16(19-9-13)20-17(23)10-21-8-7-12-3-1-2-4-14(12)15(21)11-22/h1-6,9,15,22H,7-8,10-11H2,(H,19,20,23). The third kappa shape index (κ3) is 3.69. The zero-order valence-corrected chi connectivity index (χ0v) is 13.3. The van der Waals surface area contributed by atoms with E-state index in [1.165, 1.54) is 11.8 Å². The maximum Gasteiger partial charge on any atom is 0.239 e.